The number of thiophene rings is 1. The van der Waals surface area contributed by atoms with Gasteiger partial charge in [-0.05, 0) is 25.3 Å². The van der Waals surface area contributed by atoms with Crippen molar-refractivity contribution in [3.8, 4) is 0 Å². The van der Waals surface area contributed by atoms with E-state index in [1.165, 1.54) is 9.75 Å². The predicted molar refractivity (Wildman–Crippen MR) is 111 cm³/mol. The van der Waals surface area contributed by atoms with Crippen molar-refractivity contribution in [2.24, 2.45) is 12.0 Å². The van der Waals surface area contributed by atoms with Crippen molar-refractivity contribution in [1.29, 1.82) is 0 Å². The topological polar surface area (TPSA) is 71.2 Å². The summed E-state index contributed by atoms with van der Waals surface area (Å²) in [6.45, 7) is 6.13. The highest BCUT2D eigenvalue weighted by Crippen LogP contribution is 2.12. The summed E-state index contributed by atoms with van der Waals surface area (Å²) in [5, 5.41) is 15.0. The van der Waals surface area contributed by atoms with E-state index in [-0.39, 0.29) is 0 Å². The number of rotatable bonds is 7. The fourth-order valence-electron chi connectivity index (χ4n) is 2.51. The van der Waals surface area contributed by atoms with E-state index in [2.05, 4.69) is 56.9 Å². The van der Waals surface area contributed by atoms with Crippen LogP contribution in [0, 0.1) is 13.8 Å². The number of hydrogen-bond donors (Lipinski definition) is 1. The van der Waals surface area contributed by atoms with Gasteiger partial charge in [0.25, 0.3) is 0 Å². The number of thiazole rings is 1. The molecule has 0 spiro atoms. The Bertz CT molecular complexity index is 880. The van der Waals surface area contributed by atoms with Crippen LogP contribution in [0.15, 0.2) is 28.7 Å². The number of nitrogens with one attached hydrogen (secondary N) is 1. The van der Waals surface area contributed by atoms with Crippen LogP contribution in [0.3, 0.4) is 0 Å². The molecular weight excluding hydrogens is 378 g/mol. The largest absolute Gasteiger partial charge is 0.351 e. The highest BCUT2D eigenvalue weighted by molar-refractivity contribution is 7.11. The number of aromatic nitrogens is 4. The molecule has 0 amide bonds. The van der Waals surface area contributed by atoms with Crippen molar-refractivity contribution >= 4 is 28.6 Å². The molecule has 7 nitrogen and oxygen atoms in total. The minimum absolute atomic E-state index is 0.491. The van der Waals surface area contributed by atoms with Crippen molar-refractivity contribution in [3.05, 3.63) is 50.1 Å². The molecule has 9 heteroatoms. The summed E-state index contributed by atoms with van der Waals surface area (Å²) >= 11 is 3.49. The number of aliphatic imine (C=N–C) groups is 1. The van der Waals surface area contributed by atoms with Crippen LogP contribution >= 0.6 is 22.7 Å². The Morgan fingerprint density at radius 2 is 2.19 bits per heavy atom. The molecule has 0 aromatic carbocycles. The third kappa shape index (κ3) is 5.36. The zero-order chi connectivity index (χ0) is 19.2. The van der Waals surface area contributed by atoms with Gasteiger partial charge in [-0.15, -0.1) is 32.9 Å². The third-order valence-electron chi connectivity index (χ3n) is 4.25. The maximum absolute atomic E-state index is 4.78. The van der Waals surface area contributed by atoms with Crippen LogP contribution in [0.1, 0.15) is 26.4 Å². The molecular formula is C18H25N7S2. The molecule has 0 saturated carbocycles. The van der Waals surface area contributed by atoms with Gasteiger partial charge in [-0.25, -0.2) is 9.98 Å². The molecule has 144 valence electrons. The highest BCUT2D eigenvalue weighted by atomic mass is 32.1. The third-order valence-corrected chi connectivity index (χ3v) is 6.09. The van der Waals surface area contributed by atoms with E-state index in [0.29, 0.717) is 6.54 Å². The van der Waals surface area contributed by atoms with Crippen LogP contribution in [-0.4, -0.2) is 44.2 Å². The second-order valence-electron chi connectivity index (χ2n) is 6.33. The Morgan fingerprint density at radius 3 is 2.81 bits per heavy atom. The SMILES string of the molecule is Cc1cnc(CCN(C)C(=NCc2nnc(C)n2C)NCc2cccs2)s1. The molecule has 1 N–H and O–H groups in total. The number of nitrogens with zero attached hydrogens (tertiary/aromatic N) is 6. The first-order valence-electron chi connectivity index (χ1n) is 8.81. The van der Waals surface area contributed by atoms with Crippen molar-refractivity contribution in [2.75, 3.05) is 13.6 Å². The minimum Gasteiger partial charge on any atom is -0.351 e. The van der Waals surface area contributed by atoms with E-state index in [1.54, 1.807) is 22.7 Å². The van der Waals surface area contributed by atoms with Gasteiger partial charge in [-0.3, -0.25) is 0 Å². The van der Waals surface area contributed by atoms with Crippen LogP contribution in [0.5, 0.6) is 0 Å². The van der Waals surface area contributed by atoms with Gasteiger partial charge in [0, 0.05) is 43.0 Å². The minimum atomic E-state index is 0.491. The molecule has 0 atom stereocenters. The summed E-state index contributed by atoms with van der Waals surface area (Å²) in [5.41, 5.74) is 0. The Morgan fingerprint density at radius 1 is 1.33 bits per heavy atom. The summed E-state index contributed by atoms with van der Waals surface area (Å²) in [4.78, 5) is 13.9. The summed E-state index contributed by atoms with van der Waals surface area (Å²) in [5.74, 6) is 2.60. The zero-order valence-electron chi connectivity index (χ0n) is 16.1. The normalized spacial score (nSPS) is 11.8. The average Bonchev–Trinajstić information content (AvgIpc) is 3.38. The summed E-state index contributed by atoms with van der Waals surface area (Å²) in [6, 6.07) is 4.19. The average molecular weight is 404 g/mol. The quantitative estimate of drug-likeness (QED) is 0.485. The maximum atomic E-state index is 4.78. The molecule has 0 bridgehead atoms. The van der Waals surface area contributed by atoms with Gasteiger partial charge >= 0.3 is 0 Å². The number of likely N-dealkylation sites (N-methyl/N-ethyl adjacent to an activating group) is 1. The molecule has 0 aliphatic heterocycles. The Kier molecular flexibility index (Phi) is 6.57. The molecule has 3 aromatic rings. The van der Waals surface area contributed by atoms with Gasteiger partial charge in [0.15, 0.2) is 11.8 Å². The molecule has 3 heterocycles. The molecule has 3 aromatic heterocycles. The summed E-state index contributed by atoms with van der Waals surface area (Å²) in [6.07, 6.45) is 2.83. The molecule has 0 fully saturated rings. The summed E-state index contributed by atoms with van der Waals surface area (Å²) < 4.78 is 1.97. The summed E-state index contributed by atoms with van der Waals surface area (Å²) in [7, 11) is 4.02. The van der Waals surface area contributed by atoms with Crippen LogP contribution in [0.25, 0.3) is 0 Å². The van der Waals surface area contributed by atoms with Gasteiger partial charge in [0.2, 0.25) is 0 Å². The first kappa shape index (κ1) is 19.5. The molecule has 0 saturated heterocycles. The van der Waals surface area contributed by atoms with E-state index < -0.39 is 0 Å². The Balaban J connectivity index is 1.67. The fraction of sp³-hybridized carbons (Fsp3) is 0.444. The lowest BCUT2D eigenvalue weighted by Crippen LogP contribution is -2.39. The van der Waals surface area contributed by atoms with Gasteiger partial charge in [-0.2, -0.15) is 0 Å². The maximum Gasteiger partial charge on any atom is 0.194 e. The number of aryl methyl sites for hydroxylation is 2. The Labute approximate surface area is 167 Å². The molecule has 0 aliphatic carbocycles. The Hall–Kier alpha value is -2.26. The number of guanidine groups is 1. The van der Waals surface area contributed by atoms with Crippen LogP contribution in [0.4, 0.5) is 0 Å². The predicted octanol–water partition coefficient (Wildman–Crippen LogP) is 2.77. The second-order valence-corrected chi connectivity index (χ2v) is 8.68. The second kappa shape index (κ2) is 9.09. The van der Waals surface area contributed by atoms with Crippen molar-refractivity contribution < 1.29 is 0 Å². The van der Waals surface area contributed by atoms with Crippen LogP contribution in [0.2, 0.25) is 0 Å². The van der Waals surface area contributed by atoms with E-state index in [0.717, 1.165) is 42.1 Å². The molecule has 0 unspecified atom stereocenters. The lowest BCUT2D eigenvalue weighted by molar-refractivity contribution is 0.482. The van der Waals surface area contributed by atoms with E-state index >= 15 is 0 Å². The first-order chi connectivity index (χ1) is 13.0. The monoisotopic (exact) mass is 403 g/mol. The smallest absolute Gasteiger partial charge is 0.194 e. The molecule has 27 heavy (non-hydrogen) atoms. The lowest BCUT2D eigenvalue weighted by Gasteiger charge is -2.22. The highest BCUT2D eigenvalue weighted by Gasteiger charge is 2.10. The first-order valence-corrected chi connectivity index (χ1v) is 10.5. The van der Waals surface area contributed by atoms with Crippen LogP contribution < -0.4 is 5.32 Å². The van der Waals surface area contributed by atoms with E-state index in [4.69, 9.17) is 4.99 Å². The van der Waals surface area contributed by atoms with E-state index in [9.17, 15) is 0 Å². The van der Waals surface area contributed by atoms with Crippen LogP contribution in [-0.2, 0) is 26.6 Å². The molecule has 3 rings (SSSR count). The standard InChI is InChI=1S/C18H25N7S2/c1-13-10-19-17(27-13)7-8-24(3)18(20-11-15-6-5-9-26-15)21-12-16-23-22-14(2)25(16)4/h5-6,9-10H,7-8,11-12H2,1-4H3,(H,20,21). The van der Waals surface area contributed by atoms with Crippen molar-refractivity contribution in [1.82, 2.24) is 30.0 Å². The van der Waals surface area contributed by atoms with Gasteiger partial charge in [0.1, 0.15) is 12.4 Å². The van der Waals surface area contributed by atoms with Crippen molar-refractivity contribution in [3.63, 3.8) is 0 Å². The fourth-order valence-corrected chi connectivity index (χ4v) is 3.93. The lowest BCUT2D eigenvalue weighted by atomic mass is 10.4. The van der Waals surface area contributed by atoms with E-state index in [1.807, 2.05) is 24.7 Å². The van der Waals surface area contributed by atoms with Crippen molar-refractivity contribution in [2.45, 2.75) is 33.4 Å². The zero-order valence-corrected chi connectivity index (χ0v) is 17.8. The molecule has 0 aliphatic rings. The van der Waals surface area contributed by atoms with Gasteiger partial charge in [0.05, 0.1) is 11.6 Å². The molecule has 0 radical (unpaired) electrons. The van der Waals surface area contributed by atoms with Gasteiger partial charge < -0.3 is 14.8 Å². The van der Waals surface area contributed by atoms with Gasteiger partial charge in [-0.1, -0.05) is 6.07 Å². The number of hydrogen-bond acceptors (Lipinski definition) is 6.